The average Bonchev–Trinajstić information content (AvgIpc) is 3.37. The van der Waals surface area contributed by atoms with Crippen LogP contribution in [0.4, 0.5) is 0 Å². The van der Waals surface area contributed by atoms with Crippen molar-refractivity contribution < 1.29 is 28.6 Å². The predicted octanol–water partition coefficient (Wildman–Crippen LogP) is 20.8. The molecule has 0 aromatic rings. The maximum atomic E-state index is 12.8. The van der Waals surface area contributed by atoms with Crippen LogP contribution < -0.4 is 0 Å². The number of hydrogen-bond acceptors (Lipinski definition) is 6. The van der Waals surface area contributed by atoms with Gasteiger partial charge in [-0.25, -0.2) is 0 Å². The van der Waals surface area contributed by atoms with E-state index >= 15 is 0 Å². The summed E-state index contributed by atoms with van der Waals surface area (Å²) in [6.45, 7) is 6.52. The third-order valence-corrected chi connectivity index (χ3v) is 13.5. The van der Waals surface area contributed by atoms with Crippen molar-refractivity contribution in [3.05, 3.63) is 60.8 Å². The summed E-state index contributed by atoms with van der Waals surface area (Å²) in [4.78, 5) is 38.1. The van der Waals surface area contributed by atoms with Gasteiger partial charge in [-0.2, -0.15) is 0 Å². The van der Waals surface area contributed by atoms with Gasteiger partial charge in [0.1, 0.15) is 13.2 Å². The van der Waals surface area contributed by atoms with Crippen LogP contribution in [0.15, 0.2) is 60.8 Å². The topological polar surface area (TPSA) is 78.9 Å². The zero-order valence-electron chi connectivity index (χ0n) is 47.2. The Labute approximate surface area is 440 Å². The molecule has 6 heteroatoms. The quantitative estimate of drug-likeness (QED) is 0.0261. The number of rotatable bonds is 56. The molecule has 0 saturated carbocycles. The van der Waals surface area contributed by atoms with Gasteiger partial charge in [-0.1, -0.05) is 274 Å². The van der Waals surface area contributed by atoms with E-state index in [1.807, 2.05) is 0 Å². The highest BCUT2D eigenvalue weighted by Crippen LogP contribution is 2.17. The van der Waals surface area contributed by atoms with Gasteiger partial charge in [0.15, 0.2) is 6.10 Å². The lowest BCUT2D eigenvalue weighted by molar-refractivity contribution is -0.167. The SMILES string of the molecule is CC/C=C\C/C=C\C/C=C\C/C=C\CCCCC(=O)OC(COC(=O)CCCCCCCCCCCCC)COC(=O)CCCCCCCCCCCCCCCCC/C=C\CCCCCCCCCC. The average molecular weight is 994 g/mol. The molecule has 0 saturated heterocycles. The molecule has 1 atom stereocenters. The van der Waals surface area contributed by atoms with Crippen molar-refractivity contribution in [1.82, 2.24) is 0 Å². The van der Waals surface area contributed by atoms with E-state index in [-0.39, 0.29) is 37.5 Å². The molecule has 1 unspecified atom stereocenters. The lowest BCUT2D eigenvalue weighted by atomic mass is 10.0. The maximum absolute atomic E-state index is 12.8. The number of carbonyl (C=O) groups excluding carboxylic acids is 3. The van der Waals surface area contributed by atoms with Crippen LogP contribution in [0.5, 0.6) is 0 Å². The Morgan fingerprint density at radius 1 is 0.296 bits per heavy atom. The summed E-state index contributed by atoms with van der Waals surface area (Å²) >= 11 is 0. The number of esters is 3. The van der Waals surface area contributed by atoms with Gasteiger partial charge >= 0.3 is 17.9 Å². The summed E-state index contributed by atoms with van der Waals surface area (Å²) in [7, 11) is 0. The van der Waals surface area contributed by atoms with Gasteiger partial charge < -0.3 is 14.2 Å². The van der Waals surface area contributed by atoms with Gasteiger partial charge in [-0.3, -0.25) is 14.4 Å². The van der Waals surface area contributed by atoms with Gasteiger partial charge in [0.05, 0.1) is 0 Å². The highest BCUT2D eigenvalue weighted by Gasteiger charge is 2.19. The second-order valence-electron chi connectivity index (χ2n) is 20.6. The zero-order chi connectivity index (χ0) is 51.4. The molecule has 0 spiro atoms. The van der Waals surface area contributed by atoms with E-state index < -0.39 is 6.10 Å². The number of hydrogen-bond donors (Lipinski definition) is 0. The fourth-order valence-corrected chi connectivity index (χ4v) is 8.90. The van der Waals surface area contributed by atoms with Crippen molar-refractivity contribution in [2.45, 2.75) is 322 Å². The van der Waals surface area contributed by atoms with E-state index in [9.17, 15) is 14.4 Å². The highest BCUT2D eigenvalue weighted by atomic mass is 16.6. The minimum atomic E-state index is -0.793. The molecule has 0 aliphatic carbocycles. The van der Waals surface area contributed by atoms with E-state index in [1.54, 1.807) is 0 Å². The van der Waals surface area contributed by atoms with Crippen LogP contribution in [-0.2, 0) is 28.6 Å². The van der Waals surface area contributed by atoms with Gasteiger partial charge in [-0.05, 0) is 83.5 Å². The first kappa shape index (κ1) is 68.1. The lowest BCUT2D eigenvalue weighted by Gasteiger charge is -2.18. The van der Waals surface area contributed by atoms with E-state index in [1.165, 1.54) is 193 Å². The van der Waals surface area contributed by atoms with Crippen molar-refractivity contribution in [1.29, 1.82) is 0 Å². The first-order chi connectivity index (χ1) is 35.0. The fourth-order valence-electron chi connectivity index (χ4n) is 8.90. The normalized spacial score (nSPS) is 12.4. The Balaban J connectivity index is 4.21. The molecule has 0 bridgehead atoms. The van der Waals surface area contributed by atoms with Crippen LogP contribution in [0.25, 0.3) is 0 Å². The van der Waals surface area contributed by atoms with Crippen LogP contribution in [0.1, 0.15) is 316 Å². The van der Waals surface area contributed by atoms with E-state index in [0.717, 1.165) is 77.0 Å². The van der Waals surface area contributed by atoms with Crippen molar-refractivity contribution in [2.75, 3.05) is 13.2 Å². The van der Waals surface area contributed by atoms with Gasteiger partial charge in [0.2, 0.25) is 0 Å². The molecule has 0 aromatic carbocycles. The molecule has 0 rings (SSSR count). The van der Waals surface area contributed by atoms with Crippen LogP contribution in [-0.4, -0.2) is 37.2 Å². The zero-order valence-corrected chi connectivity index (χ0v) is 47.2. The van der Waals surface area contributed by atoms with Crippen molar-refractivity contribution in [3.8, 4) is 0 Å². The van der Waals surface area contributed by atoms with Crippen molar-refractivity contribution >= 4 is 17.9 Å². The molecular weight excluding hydrogens is 877 g/mol. The Hall–Kier alpha value is -2.89. The van der Waals surface area contributed by atoms with Crippen molar-refractivity contribution in [3.63, 3.8) is 0 Å². The summed E-state index contributed by atoms with van der Waals surface area (Å²) in [5.41, 5.74) is 0. The van der Waals surface area contributed by atoms with Crippen LogP contribution in [0.2, 0.25) is 0 Å². The summed E-state index contributed by atoms with van der Waals surface area (Å²) in [6.07, 6.45) is 75.3. The summed E-state index contributed by atoms with van der Waals surface area (Å²) in [6, 6.07) is 0. The molecule has 0 amide bonds. The fraction of sp³-hybridized carbons (Fsp3) is 0.800. The molecular formula is C65H116O6. The molecule has 0 aliphatic rings. The molecule has 0 radical (unpaired) electrons. The van der Waals surface area contributed by atoms with E-state index in [4.69, 9.17) is 14.2 Å². The molecule has 0 fully saturated rings. The van der Waals surface area contributed by atoms with Crippen LogP contribution in [0, 0.1) is 0 Å². The molecule has 0 aromatic heterocycles. The molecule has 0 N–H and O–H groups in total. The highest BCUT2D eigenvalue weighted by molar-refractivity contribution is 5.71. The second kappa shape index (κ2) is 59.7. The summed E-state index contributed by atoms with van der Waals surface area (Å²) in [5.74, 6) is -0.917. The molecule has 0 aliphatic heterocycles. The third kappa shape index (κ3) is 57.9. The number of allylic oxidation sites excluding steroid dienone is 10. The maximum Gasteiger partial charge on any atom is 0.306 e. The number of carbonyl (C=O) groups is 3. The smallest absolute Gasteiger partial charge is 0.306 e. The molecule has 71 heavy (non-hydrogen) atoms. The first-order valence-electron chi connectivity index (χ1n) is 30.8. The molecule has 412 valence electrons. The van der Waals surface area contributed by atoms with Crippen LogP contribution >= 0.6 is 0 Å². The summed E-state index contributed by atoms with van der Waals surface area (Å²) < 4.78 is 16.8. The Morgan fingerprint density at radius 3 is 0.901 bits per heavy atom. The Kier molecular flexibility index (Phi) is 57.2. The summed E-state index contributed by atoms with van der Waals surface area (Å²) in [5, 5.41) is 0. The lowest BCUT2D eigenvalue weighted by Crippen LogP contribution is -2.30. The van der Waals surface area contributed by atoms with E-state index in [2.05, 4.69) is 81.5 Å². The van der Waals surface area contributed by atoms with Crippen LogP contribution in [0.3, 0.4) is 0 Å². The Morgan fingerprint density at radius 2 is 0.549 bits per heavy atom. The monoisotopic (exact) mass is 993 g/mol. The minimum absolute atomic E-state index is 0.0877. The Bertz CT molecular complexity index is 1280. The predicted molar refractivity (Wildman–Crippen MR) is 307 cm³/mol. The number of ether oxygens (including phenoxy) is 3. The largest absolute Gasteiger partial charge is 0.462 e. The van der Waals surface area contributed by atoms with Gasteiger partial charge in [0.25, 0.3) is 0 Å². The van der Waals surface area contributed by atoms with Gasteiger partial charge in [0, 0.05) is 19.3 Å². The second-order valence-corrected chi connectivity index (χ2v) is 20.6. The number of unbranched alkanes of at least 4 members (excludes halogenated alkanes) is 35. The standard InChI is InChI=1S/C65H116O6/c1-4-7-10-13-16-19-22-24-26-27-28-29-30-31-32-33-34-35-36-37-39-40-43-46-49-52-55-58-64(67)70-61-62(60-69-63(66)57-54-51-48-45-42-21-18-15-12-9-6-3)71-65(68)59-56-53-50-47-44-41-38-25-23-20-17-14-11-8-5-2/h8,11,17,20,25,27-28,38,44,47,62H,4-7,9-10,12-16,18-19,21-24,26,29-37,39-43,45-46,48-61H2,1-3H3/b11-8-,20-17-,28-27-,38-25-,47-44-. The molecule has 0 heterocycles. The van der Waals surface area contributed by atoms with Crippen molar-refractivity contribution in [2.24, 2.45) is 0 Å². The molecule has 6 nitrogen and oxygen atoms in total. The third-order valence-electron chi connectivity index (χ3n) is 13.5. The minimum Gasteiger partial charge on any atom is -0.462 e. The van der Waals surface area contributed by atoms with Gasteiger partial charge in [-0.15, -0.1) is 0 Å². The first-order valence-corrected chi connectivity index (χ1v) is 30.8. The van der Waals surface area contributed by atoms with E-state index in [0.29, 0.717) is 19.3 Å².